The van der Waals surface area contributed by atoms with Crippen molar-refractivity contribution in [3.05, 3.63) is 65.0 Å². The predicted molar refractivity (Wildman–Crippen MR) is 80.5 cm³/mol. The maximum absolute atomic E-state index is 13.9. The summed E-state index contributed by atoms with van der Waals surface area (Å²) in [5.41, 5.74) is 10.6. The number of guanidine groups is 1. The number of benzene rings is 2. The molecule has 0 amide bonds. The molecule has 0 heterocycles. The summed E-state index contributed by atoms with van der Waals surface area (Å²) in [4.78, 5) is 0. The van der Waals surface area contributed by atoms with E-state index in [1.807, 2.05) is 0 Å². The molecule has 5 nitrogen and oxygen atoms in total. The number of rotatable bonds is 5. The third-order valence-electron chi connectivity index (χ3n) is 2.73. The molecule has 0 unspecified atom stereocenters. The zero-order chi connectivity index (χ0) is 16.8. The van der Waals surface area contributed by atoms with Crippen molar-refractivity contribution in [1.29, 1.82) is 0 Å². The van der Waals surface area contributed by atoms with Crippen LogP contribution < -0.4 is 16.2 Å². The Morgan fingerprint density at radius 1 is 1.04 bits per heavy atom. The fourth-order valence-corrected chi connectivity index (χ4v) is 1.69. The first kappa shape index (κ1) is 16.3. The minimum atomic E-state index is -0.685. The summed E-state index contributed by atoms with van der Waals surface area (Å²) in [6.45, 7) is -0.304. The van der Waals surface area contributed by atoms with Crippen molar-refractivity contribution in [1.82, 2.24) is 0 Å². The summed E-state index contributed by atoms with van der Waals surface area (Å²) in [7, 11) is 0. The number of halogens is 3. The molecule has 0 spiro atoms. The van der Waals surface area contributed by atoms with Crippen LogP contribution in [0.3, 0.4) is 0 Å². The summed E-state index contributed by atoms with van der Waals surface area (Å²) >= 11 is 0. The largest absolute Gasteiger partial charge is 0.486 e. The zero-order valence-corrected chi connectivity index (χ0v) is 11.8. The van der Waals surface area contributed by atoms with Crippen LogP contribution in [0.1, 0.15) is 11.1 Å². The van der Waals surface area contributed by atoms with Crippen molar-refractivity contribution in [3.63, 3.8) is 0 Å². The molecule has 0 atom stereocenters. The van der Waals surface area contributed by atoms with Crippen LogP contribution >= 0.6 is 0 Å². The summed E-state index contributed by atoms with van der Waals surface area (Å²) in [6.07, 6.45) is 1.25. The lowest BCUT2D eigenvalue weighted by atomic mass is 10.2. The lowest BCUT2D eigenvalue weighted by Gasteiger charge is -2.08. The Balaban J connectivity index is 2.08. The monoisotopic (exact) mass is 322 g/mol. The SMILES string of the molecule is NC(N)=NN=Cc1ccc(OCc2cc(F)ccc2F)c(F)c1. The topological polar surface area (TPSA) is 86.0 Å². The van der Waals surface area contributed by atoms with Crippen LogP contribution in [0.5, 0.6) is 5.75 Å². The average Bonchev–Trinajstić information content (AvgIpc) is 2.49. The van der Waals surface area contributed by atoms with E-state index in [-0.39, 0.29) is 23.9 Å². The van der Waals surface area contributed by atoms with Crippen molar-refractivity contribution >= 4 is 12.2 Å². The van der Waals surface area contributed by atoms with Gasteiger partial charge in [-0.3, -0.25) is 0 Å². The maximum atomic E-state index is 13.9. The van der Waals surface area contributed by atoms with Crippen molar-refractivity contribution in [3.8, 4) is 5.75 Å². The molecule has 0 radical (unpaired) electrons. The number of ether oxygens (including phenoxy) is 1. The van der Waals surface area contributed by atoms with Crippen LogP contribution in [-0.4, -0.2) is 12.2 Å². The zero-order valence-electron chi connectivity index (χ0n) is 11.8. The Bertz CT molecular complexity index is 758. The molecular formula is C15H13F3N4O. The first-order valence-corrected chi connectivity index (χ1v) is 6.44. The molecule has 0 fully saturated rings. The number of hydrogen-bond acceptors (Lipinski definition) is 3. The van der Waals surface area contributed by atoms with Crippen LogP contribution in [0.4, 0.5) is 13.2 Å². The lowest BCUT2D eigenvalue weighted by molar-refractivity contribution is 0.284. The quantitative estimate of drug-likeness (QED) is 0.503. The van der Waals surface area contributed by atoms with Crippen LogP contribution in [0.25, 0.3) is 0 Å². The molecule has 0 saturated heterocycles. The van der Waals surface area contributed by atoms with Crippen molar-refractivity contribution in [2.24, 2.45) is 21.7 Å². The molecule has 8 heteroatoms. The van der Waals surface area contributed by atoms with Gasteiger partial charge in [-0.1, -0.05) is 0 Å². The summed E-state index contributed by atoms with van der Waals surface area (Å²) in [5, 5.41) is 6.92. The van der Waals surface area contributed by atoms with E-state index in [1.54, 1.807) is 0 Å². The highest BCUT2D eigenvalue weighted by molar-refractivity contribution is 5.81. The molecule has 0 aliphatic heterocycles. The average molecular weight is 322 g/mol. The van der Waals surface area contributed by atoms with Gasteiger partial charge in [-0.25, -0.2) is 13.2 Å². The van der Waals surface area contributed by atoms with E-state index in [2.05, 4.69) is 10.2 Å². The standard InChI is InChI=1S/C15H13F3N4O/c16-11-2-3-12(17)10(6-11)8-23-14-4-1-9(5-13(14)18)7-21-22-15(19)20/h1-7H,8H2,(H4,19,20,22). The molecule has 0 aliphatic carbocycles. The molecule has 120 valence electrons. The van der Waals surface area contributed by atoms with Crippen LogP contribution in [0, 0.1) is 17.5 Å². The smallest absolute Gasteiger partial charge is 0.211 e. The van der Waals surface area contributed by atoms with Crippen LogP contribution in [0.15, 0.2) is 46.6 Å². The normalized spacial score (nSPS) is 10.7. The van der Waals surface area contributed by atoms with Gasteiger partial charge in [-0.05, 0) is 42.0 Å². The highest BCUT2D eigenvalue weighted by Gasteiger charge is 2.08. The van der Waals surface area contributed by atoms with Gasteiger partial charge in [-0.15, -0.1) is 5.10 Å². The molecule has 23 heavy (non-hydrogen) atoms. The minimum Gasteiger partial charge on any atom is -0.486 e. The second-order valence-corrected chi connectivity index (χ2v) is 4.48. The summed E-state index contributed by atoms with van der Waals surface area (Å²) in [5.74, 6) is -2.24. The Kier molecular flexibility index (Phi) is 5.19. The van der Waals surface area contributed by atoms with Gasteiger partial charge in [0.25, 0.3) is 0 Å². The second kappa shape index (κ2) is 7.30. The molecule has 0 aromatic heterocycles. The van der Waals surface area contributed by atoms with Gasteiger partial charge in [0, 0.05) is 5.56 Å². The fraction of sp³-hybridized carbons (Fsp3) is 0.0667. The van der Waals surface area contributed by atoms with Gasteiger partial charge in [0.15, 0.2) is 11.6 Å². The Morgan fingerprint density at radius 3 is 2.52 bits per heavy atom. The number of hydrogen-bond donors (Lipinski definition) is 2. The van der Waals surface area contributed by atoms with E-state index in [0.717, 1.165) is 24.3 Å². The third-order valence-corrected chi connectivity index (χ3v) is 2.73. The van der Waals surface area contributed by atoms with E-state index in [0.29, 0.717) is 5.56 Å². The molecule has 0 bridgehead atoms. The van der Waals surface area contributed by atoms with Gasteiger partial charge >= 0.3 is 0 Å². The highest BCUT2D eigenvalue weighted by Crippen LogP contribution is 2.20. The highest BCUT2D eigenvalue weighted by atomic mass is 19.1. The fourth-order valence-electron chi connectivity index (χ4n) is 1.69. The van der Waals surface area contributed by atoms with Gasteiger partial charge in [0.1, 0.15) is 18.2 Å². The lowest BCUT2D eigenvalue weighted by Crippen LogP contribution is -2.21. The van der Waals surface area contributed by atoms with Crippen LogP contribution in [-0.2, 0) is 6.61 Å². The van der Waals surface area contributed by atoms with E-state index in [9.17, 15) is 13.2 Å². The third kappa shape index (κ3) is 4.73. The van der Waals surface area contributed by atoms with Gasteiger partial charge < -0.3 is 16.2 Å². The van der Waals surface area contributed by atoms with Crippen molar-refractivity contribution < 1.29 is 17.9 Å². The minimum absolute atomic E-state index is 0.0113. The van der Waals surface area contributed by atoms with Crippen molar-refractivity contribution in [2.45, 2.75) is 6.61 Å². The van der Waals surface area contributed by atoms with Gasteiger partial charge in [-0.2, -0.15) is 5.10 Å². The predicted octanol–water partition coefficient (Wildman–Crippen LogP) is 2.29. The van der Waals surface area contributed by atoms with Crippen molar-refractivity contribution in [2.75, 3.05) is 0 Å². The molecule has 2 aromatic rings. The maximum Gasteiger partial charge on any atom is 0.211 e. The van der Waals surface area contributed by atoms with E-state index < -0.39 is 17.5 Å². The first-order valence-electron chi connectivity index (χ1n) is 6.44. The summed E-state index contributed by atoms with van der Waals surface area (Å²) in [6, 6.07) is 6.94. The van der Waals surface area contributed by atoms with E-state index in [1.165, 1.54) is 18.3 Å². The summed E-state index contributed by atoms with van der Waals surface area (Å²) < 4.78 is 45.5. The van der Waals surface area contributed by atoms with Gasteiger partial charge in [0.05, 0.1) is 6.21 Å². The molecule has 0 saturated carbocycles. The Hall–Kier alpha value is -3.03. The van der Waals surface area contributed by atoms with Crippen LogP contribution in [0.2, 0.25) is 0 Å². The molecule has 2 aromatic carbocycles. The van der Waals surface area contributed by atoms with Gasteiger partial charge in [0.2, 0.25) is 5.96 Å². The second-order valence-electron chi connectivity index (χ2n) is 4.48. The number of nitrogens with zero attached hydrogens (tertiary/aromatic N) is 2. The van der Waals surface area contributed by atoms with E-state index in [4.69, 9.17) is 16.2 Å². The Morgan fingerprint density at radius 2 is 1.83 bits per heavy atom. The number of nitrogens with two attached hydrogens (primary N) is 2. The Labute approximate surface area is 130 Å². The molecule has 4 N–H and O–H groups in total. The first-order chi connectivity index (χ1) is 11.0. The van der Waals surface area contributed by atoms with E-state index >= 15 is 0 Å². The molecular weight excluding hydrogens is 309 g/mol. The molecule has 0 aliphatic rings. The molecule has 2 rings (SSSR count).